The fraction of sp³-hybridized carbons (Fsp3) is 0.364. The van der Waals surface area contributed by atoms with Crippen molar-refractivity contribution in [3.63, 3.8) is 0 Å². The summed E-state index contributed by atoms with van der Waals surface area (Å²) in [5.74, 6) is 0. The van der Waals surface area contributed by atoms with Crippen LogP contribution in [0.1, 0.15) is 17.5 Å². The van der Waals surface area contributed by atoms with Crippen molar-refractivity contribution in [2.24, 2.45) is 0 Å². The molecule has 2 N–H and O–H groups in total. The van der Waals surface area contributed by atoms with Gasteiger partial charge in [-0.2, -0.15) is 5.26 Å². The standard InChI is InChI=1S/C11H14N2O3S/c1-9-7-10(8-12)3-4-11(9)17(15,16)13-5-2-6-14/h3-4,7,13-14H,2,5-6H2,1H3. The van der Waals surface area contributed by atoms with Gasteiger partial charge in [0.2, 0.25) is 10.0 Å². The third-order valence-corrected chi connectivity index (χ3v) is 3.84. The van der Waals surface area contributed by atoms with Crippen LogP contribution in [0.15, 0.2) is 23.1 Å². The Kier molecular flexibility index (Phi) is 4.63. The fourth-order valence-corrected chi connectivity index (χ4v) is 2.68. The molecule has 1 rings (SSSR count). The quantitative estimate of drug-likeness (QED) is 0.750. The summed E-state index contributed by atoms with van der Waals surface area (Å²) in [7, 11) is -3.56. The number of nitrogens with one attached hydrogen (secondary N) is 1. The topological polar surface area (TPSA) is 90.2 Å². The molecule has 6 heteroatoms. The van der Waals surface area contributed by atoms with Crippen LogP contribution in [0.5, 0.6) is 0 Å². The Morgan fingerprint density at radius 2 is 2.18 bits per heavy atom. The predicted octanol–water partition coefficient (Wildman–Crippen LogP) is 0.527. The molecule has 1 aromatic carbocycles. The van der Waals surface area contributed by atoms with Crippen LogP contribution >= 0.6 is 0 Å². The molecule has 17 heavy (non-hydrogen) atoms. The first-order chi connectivity index (χ1) is 8.01. The van der Waals surface area contributed by atoms with Crippen molar-refractivity contribution in [3.05, 3.63) is 29.3 Å². The normalized spacial score (nSPS) is 11.1. The maximum atomic E-state index is 11.9. The van der Waals surface area contributed by atoms with Crippen molar-refractivity contribution in [1.29, 1.82) is 5.26 Å². The van der Waals surface area contributed by atoms with Crippen molar-refractivity contribution in [1.82, 2.24) is 4.72 Å². The predicted molar refractivity (Wildman–Crippen MR) is 62.8 cm³/mol. The molecule has 0 heterocycles. The minimum atomic E-state index is -3.56. The molecule has 0 bridgehead atoms. The van der Waals surface area contributed by atoms with E-state index in [1.54, 1.807) is 6.92 Å². The molecule has 0 aliphatic heterocycles. The highest BCUT2D eigenvalue weighted by Gasteiger charge is 2.15. The highest BCUT2D eigenvalue weighted by Crippen LogP contribution is 2.16. The second-order valence-corrected chi connectivity index (χ2v) is 5.30. The van der Waals surface area contributed by atoms with Gasteiger partial charge in [-0.25, -0.2) is 13.1 Å². The van der Waals surface area contributed by atoms with Crippen molar-refractivity contribution in [3.8, 4) is 6.07 Å². The number of aliphatic hydroxyl groups excluding tert-OH is 1. The van der Waals surface area contributed by atoms with Crippen LogP contribution in [0.3, 0.4) is 0 Å². The smallest absolute Gasteiger partial charge is 0.240 e. The second kappa shape index (κ2) is 5.77. The number of sulfonamides is 1. The van der Waals surface area contributed by atoms with E-state index in [4.69, 9.17) is 10.4 Å². The van der Waals surface area contributed by atoms with Crippen molar-refractivity contribution in [2.45, 2.75) is 18.2 Å². The number of rotatable bonds is 5. The molecular weight excluding hydrogens is 240 g/mol. The van der Waals surface area contributed by atoms with Crippen molar-refractivity contribution >= 4 is 10.0 Å². The molecule has 0 spiro atoms. The van der Waals surface area contributed by atoms with Gasteiger partial charge in [0.15, 0.2) is 0 Å². The monoisotopic (exact) mass is 254 g/mol. The molecule has 0 saturated carbocycles. The van der Waals surface area contributed by atoms with Gasteiger partial charge in [0.1, 0.15) is 0 Å². The lowest BCUT2D eigenvalue weighted by atomic mass is 10.2. The van der Waals surface area contributed by atoms with Crippen molar-refractivity contribution < 1.29 is 13.5 Å². The number of nitrogens with zero attached hydrogens (tertiary/aromatic N) is 1. The van der Waals surface area contributed by atoms with Gasteiger partial charge in [-0.15, -0.1) is 0 Å². The summed E-state index contributed by atoms with van der Waals surface area (Å²) in [6.45, 7) is 1.77. The summed E-state index contributed by atoms with van der Waals surface area (Å²) < 4.78 is 26.1. The second-order valence-electron chi connectivity index (χ2n) is 3.57. The summed E-state index contributed by atoms with van der Waals surface area (Å²) in [5, 5.41) is 17.3. The number of hydrogen-bond donors (Lipinski definition) is 2. The summed E-state index contributed by atoms with van der Waals surface area (Å²) >= 11 is 0. The minimum absolute atomic E-state index is 0.0606. The Bertz CT molecular complexity index is 532. The van der Waals surface area contributed by atoms with Gasteiger partial charge in [-0.3, -0.25) is 0 Å². The average Bonchev–Trinajstić information content (AvgIpc) is 2.28. The fourth-order valence-electron chi connectivity index (χ4n) is 1.38. The van der Waals surface area contributed by atoms with Gasteiger partial charge >= 0.3 is 0 Å². The number of aryl methyl sites for hydroxylation is 1. The molecule has 0 radical (unpaired) electrons. The van der Waals surface area contributed by atoms with Crippen LogP contribution < -0.4 is 4.72 Å². The maximum absolute atomic E-state index is 11.9. The van der Waals surface area contributed by atoms with Crippen LogP contribution in [0.2, 0.25) is 0 Å². The Morgan fingerprint density at radius 3 is 2.71 bits per heavy atom. The van der Waals surface area contributed by atoms with E-state index in [9.17, 15) is 8.42 Å². The molecule has 0 amide bonds. The number of hydrogen-bond acceptors (Lipinski definition) is 4. The number of aliphatic hydroxyl groups is 1. The summed E-state index contributed by atoms with van der Waals surface area (Å²) in [5.41, 5.74) is 0.956. The van der Waals surface area contributed by atoms with E-state index >= 15 is 0 Å². The molecule has 1 aromatic rings. The van der Waals surface area contributed by atoms with E-state index in [0.29, 0.717) is 17.5 Å². The lowest BCUT2D eigenvalue weighted by Gasteiger charge is -2.08. The van der Waals surface area contributed by atoms with Gasteiger partial charge in [0.05, 0.1) is 16.5 Å². The largest absolute Gasteiger partial charge is 0.396 e. The van der Waals surface area contributed by atoms with Gasteiger partial charge < -0.3 is 5.11 Å². The summed E-state index contributed by atoms with van der Waals surface area (Å²) in [4.78, 5) is 0.162. The van der Waals surface area contributed by atoms with E-state index in [2.05, 4.69) is 4.72 Å². The van der Waals surface area contributed by atoms with E-state index in [0.717, 1.165) is 0 Å². The Labute approximate surface area is 101 Å². The highest BCUT2D eigenvalue weighted by molar-refractivity contribution is 7.89. The molecular formula is C11H14N2O3S. The molecule has 0 aliphatic carbocycles. The van der Waals surface area contributed by atoms with Gasteiger partial charge in [-0.05, 0) is 37.1 Å². The zero-order chi connectivity index (χ0) is 12.9. The van der Waals surface area contributed by atoms with Crippen LogP contribution in [0.4, 0.5) is 0 Å². The first-order valence-electron chi connectivity index (χ1n) is 5.12. The third-order valence-electron chi connectivity index (χ3n) is 2.22. The van der Waals surface area contributed by atoms with Crippen LogP contribution in [-0.4, -0.2) is 26.7 Å². The van der Waals surface area contributed by atoms with Crippen LogP contribution in [0, 0.1) is 18.3 Å². The minimum Gasteiger partial charge on any atom is -0.396 e. The molecule has 0 atom stereocenters. The zero-order valence-corrected chi connectivity index (χ0v) is 10.3. The molecule has 0 fully saturated rings. The molecule has 0 saturated heterocycles. The van der Waals surface area contributed by atoms with E-state index in [1.165, 1.54) is 18.2 Å². The number of nitriles is 1. The number of benzene rings is 1. The molecule has 92 valence electrons. The lowest BCUT2D eigenvalue weighted by Crippen LogP contribution is -2.26. The molecule has 0 aliphatic rings. The Balaban J connectivity index is 2.96. The van der Waals surface area contributed by atoms with E-state index in [-0.39, 0.29) is 18.0 Å². The van der Waals surface area contributed by atoms with E-state index in [1.807, 2.05) is 6.07 Å². The highest BCUT2D eigenvalue weighted by atomic mass is 32.2. The first kappa shape index (κ1) is 13.6. The van der Waals surface area contributed by atoms with Gasteiger partial charge in [0, 0.05) is 13.2 Å². The van der Waals surface area contributed by atoms with Crippen molar-refractivity contribution in [2.75, 3.05) is 13.2 Å². The SMILES string of the molecule is Cc1cc(C#N)ccc1S(=O)(=O)NCCCO. The lowest BCUT2D eigenvalue weighted by molar-refractivity contribution is 0.289. The summed E-state index contributed by atoms with van der Waals surface area (Å²) in [6, 6.07) is 6.36. The first-order valence-corrected chi connectivity index (χ1v) is 6.61. The molecule has 0 aromatic heterocycles. The average molecular weight is 254 g/mol. The van der Waals surface area contributed by atoms with Gasteiger partial charge in [-0.1, -0.05) is 0 Å². The molecule has 5 nitrogen and oxygen atoms in total. The third kappa shape index (κ3) is 3.53. The van der Waals surface area contributed by atoms with Crippen LogP contribution in [0.25, 0.3) is 0 Å². The maximum Gasteiger partial charge on any atom is 0.240 e. The van der Waals surface area contributed by atoms with Crippen LogP contribution in [-0.2, 0) is 10.0 Å². The van der Waals surface area contributed by atoms with Gasteiger partial charge in [0.25, 0.3) is 0 Å². The molecule has 0 unspecified atom stereocenters. The van der Waals surface area contributed by atoms with E-state index < -0.39 is 10.0 Å². The Hall–Kier alpha value is -1.42. The summed E-state index contributed by atoms with van der Waals surface area (Å²) in [6.07, 6.45) is 0.370. The zero-order valence-electron chi connectivity index (χ0n) is 9.47. The Morgan fingerprint density at radius 1 is 1.47 bits per heavy atom.